The molecule has 82 valence electrons. The van der Waals surface area contributed by atoms with E-state index in [0.29, 0.717) is 0 Å². The molecule has 15 heavy (non-hydrogen) atoms. The standard InChI is InChI=1S/C8H5Cl2F2NO2/c9-4-1-5(13-6(10)2-4)8(11,12)3-7(14)15/h1-2H,3H2,(H,14,15). The lowest BCUT2D eigenvalue weighted by Gasteiger charge is -2.13. The van der Waals surface area contributed by atoms with Gasteiger partial charge in [0.1, 0.15) is 17.3 Å². The van der Waals surface area contributed by atoms with Gasteiger partial charge < -0.3 is 5.11 Å². The van der Waals surface area contributed by atoms with Crippen LogP contribution in [0.15, 0.2) is 12.1 Å². The lowest BCUT2D eigenvalue weighted by molar-refractivity contribution is -0.145. The number of pyridine rings is 1. The second-order valence-electron chi connectivity index (χ2n) is 2.77. The zero-order valence-corrected chi connectivity index (χ0v) is 8.69. The number of alkyl halides is 2. The summed E-state index contributed by atoms with van der Waals surface area (Å²) in [5.41, 5.74) is -0.748. The highest BCUT2D eigenvalue weighted by Crippen LogP contribution is 2.32. The third-order valence-corrected chi connectivity index (χ3v) is 1.92. The van der Waals surface area contributed by atoms with Gasteiger partial charge in [-0.3, -0.25) is 4.79 Å². The quantitative estimate of drug-likeness (QED) is 0.845. The average Bonchev–Trinajstić information content (AvgIpc) is 1.99. The predicted molar refractivity (Wildman–Crippen MR) is 50.4 cm³/mol. The predicted octanol–water partition coefficient (Wildman–Crippen LogP) is 2.95. The van der Waals surface area contributed by atoms with Gasteiger partial charge in [-0.1, -0.05) is 23.2 Å². The topological polar surface area (TPSA) is 50.2 Å². The fourth-order valence-corrected chi connectivity index (χ4v) is 1.40. The molecule has 1 rings (SSSR count). The summed E-state index contributed by atoms with van der Waals surface area (Å²) in [6, 6.07) is 2.07. The third kappa shape index (κ3) is 3.28. The highest BCUT2D eigenvalue weighted by atomic mass is 35.5. The Morgan fingerprint density at radius 2 is 2.07 bits per heavy atom. The first-order valence-corrected chi connectivity index (χ1v) is 4.50. The van der Waals surface area contributed by atoms with Crippen LogP contribution in [0.1, 0.15) is 12.1 Å². The van der Waals surface area contributed by atoms with E-state index >= 15 is 0 Å². The van der Waals surface area contributed by atoms with E-state index in [4.69, 9.17) is 28.3 Å². The second kappa shape index (κ2) is 4.28. The molecule has 0 unspecified atom stereocenters. The molecule has 0 amide bonds. The van der Waals surface area contributed by atoms with Crippen LogP contribution in [0.3, 0.4) is 0 Å². The maximum Gasteiger partial charge on any atom is 0.309 e. The lowest BCUT2D eigenvalue weighted by Crippen LogP contribution is -2.20. The van der Waals surface area contributed by atoms with Gasteiger partial charge in [-0.05, 0) is 12.1 Å². The van der Waals surface area contributed by atoms with Gasteiger partial charge in [-0.2, -0.15) is 8.78 Å². The summed E-state index contributed by atoms with van der Waals surface area (Å²) >= 11 is 10.9. The smallest absolute Gasteiger partial charge is 0.309 e. The molecule has 7 heteroatoms. The normalized spacial score (nSPS) is 11.5. The number of hydrogen-bond acceptors (Lipinski definition) is 2. The maximum absolute atomic E-state index is 13.2. The molecule has 1 aromatic rings. The highest BCUT2D eigenvalue weighted by Gasteiger charge is 2.36. The molecule has 1 aromatic heterocycles. The average molecular weight is 256 g/mol. The molecule has 0 aromatic carbocycles. The Hall–Kier alpha value is -0.940. The summed E-state index contributed by atoms with van der Waals surface area (Å²) < 4.78 is 26.4. The number of rotatable bonds is 3. The summed E-state index contributed by atoms with van der Waals surface area (Å²) in [5, 5.41) is 8.05. The molecule has 0 fully saturated rings. The molecule has 0 saturated carbocycles. The number of halogens is 4. The van der Waals surface area contributed by atoms with E-state index in [9.17, 15) is 13.6 Å². The van der Waals surface area contributed by atoms with Crippen molar-refractivity contribution < 1.29 is 18.7 Å². The summed E-state index contributed by atoms with van der Waals surface area (Å²) in [6.07, 6.45) is -1.35. The van der Waals surface area contributed by atoms with Gasteiger partial charge in [-0.25, -0.2) is 4.98 Å². The Morgan fingerprint density at radius 3 is 2.53 bits per heavy atom. The Morgan fingerprint density at radius 1 is 1.47 bits per heavy atom. The van der Waals surface area contributed by atoms with E-state index in [2.05, 4.69) is 4.98 Å². The maximum atomic E-state index is 13.2. The molecule has 0 aliphatic heterocycles. The molecule has 3 nitrogen and oxygen atoms in total. The summed E-state index contributed by atoms with van der Waals surface area (Å²) in [6.45, 7) is 0. The molecule has 0 radical (unpaired) electrons. The largest absolute Gasteiger partial charge is 0.481 e. The number of carbonyl (C=O) groups is 1. The fourth-order valence-electron chi connectivity index (χ4n) is 0.934. The van der Waals surface area contributed by atoms with Crippen molar-refractivity contribution in [2.75, 3.05) is 0 Å². The van der Waals surface area contributed by atoms with Crippen LogP contribution in [0, 0.1) is 0 Å². The van der Waals surface area contributed by atoms with Crippen molar-refractivity contribution in [3.8, 4) is 0 Å². The minimum Gasteiger partial charge on any atom is -0.481 e. The molecule has 0 aliphatic carbocycles. The van der Waals surface area contributed by atoms with Crippen LogP contribution < -0.4 is 0 Å². The van der Waals surface area contributed by atoms with E-state index in [-0.39, 0.29) is 10.2 Å². The minimum atomic E-state index is -3.58. The Labute approximate surface area is 93.6 Å². The van der Waals surface area contributed by atoms with Gasteiger partial charge in [0, 0.05) is 5.02 Å². The number of carboxylic acid groups (broad SMARTS) is 1. The first-order chi connectivity index (χ1) is 6.81. The number of aromatic nitrogens is 1. The van der Waals surface area contributed by atoms with Gasteiger partial charge in [0.15, 0.2) is 0 Å². The molecular formula is C8H5Cl2F2NO2. The Bertz CT molecular complexity index is 378. The van der Waals surface area contributed by atoms with Crippen molar-refractivity contribution in [3.05, 3.63) is 28.0 Å². The zero-order valence-electron chi connectivity index (χ0n) is 7.18. The molecule has 0 bridgehead atoms. The first kappa shape index (κ1) is 12.1. The Balaban J connectivity index is 3.08. The van der Waals surface area contributed by atoms with E-state index in [0.717, 1.165) is 6.07 Å². The minimum absolute atomic E-state index is 0.0185. The van der Waals surface area contributed by atoms with Crippen LogP contribution in [0.2, 0.25) is 10.2 Å². The number of hydrogen-bond donors (Lipinski definition) is 1. The van der Waals surface area contributed by atoms with Gasteiger partial charge in [-0.15, -0.1) is 0 Å². The van der Waals surface area contributed by atoms with Crippen molar-refractivity contribution >= 4 is 29.2 Å². The van der Waals surface area contributed by atoms with Crippen LogP contribution in [0.4, 0.5) is 8.78 Å². The van der Waals surface area contributed by atoms with Gasteiger partial charge in [0.25, 0.3) is 5.92 Å². The van der Waals surface area contributed by atoms with Gasteiger partial charge in [0.2, 0.25) is 0 Å². The number of nitrogens with zero attached hydrogens (tertiary/aromatic N) is 1. The monoisotopic (exact) mass is 255 g/mol. The SMILES string of the molecule is O=C(O)CC(F)(F)c1cc(Cl)cc(Cl)n1. The fraction of sp³-hybridized carbons (Fsp3) is 0.250. The van der Waals surface area contributed by atoms with E-state index < -0.39 is 24.0 Å². The van der Waals surface area contributed by atoms with Crippen molar-refractivity contribution in [1.82, 2.24) is 4.98 Å². The number of carboxylic acids is 1. The van der Waals surface area contributed by atoms with Gasteiger partial charge >= 0.3 is 5.97 Å². The lowest BCUT2D eigenvalue weighted by atomic mass is 10.1. The van der Waals surface area contributed by atoms with E-state index in [1.165, 1.54) is 6.07 Å². The van der Waals surface area contributed by atoms with Crippen LogP contribution in [-0.2, 0) is 10.7 Å². The number of aliphatic carboxylic acids is 1. The second-order valence-corrected chi connectivity index (χ2v) is 3.59. The van der Waals surface area contributed by atoms with Crippen molar-refractivity contribution in [2.45, 2.75) is 12.3 Å². The van der Waals surface area contributed by atoms with Crippen molar-refractivity contribution in [3.63, 3.8) is 0 Å². The third-order valence-electron chi connectivity index (χ3n) is 1.51. The van der Waals surface area contributed by atoms with E-state index in [1.807, 2.05) is 0 Å². The van der Waals surface area contributed by atoms with Crippen LogP contribution in [-0.4, -0.2) is 16.1 Å². The first-order valence-electron chi connectivity index (χ1n) is 3.74. The Kier molecular flexibility index (Phi) is 3.46. The molecule has 0 saturated heterocycles. The molecule has 0 spiro atoms. The molecule has 1 N–H and O–H groups in total. The molecule has 0 atom stereocenters. The van der Waals surface area contributed by atoms with Crippen LogP contribution >= 0.6 is 23.2 Å². The summed E-state index contributed by atoms with van der Waals surface area (Å²) in [5.74, 6) is -5.21. The highest BCUT2D eigenvalue weighted by molar-refractivity contribution is 6.33. The van der Waals surface area contributed by atoms with E-state index in [1.54, 1.807) is 0 Å². The van der Waals surface area contributed by atoms with Crippen LogP contribution in [0.5, 0.6) is 0 Å². The van der Waals surface area contributed by atoms with Crippen LogP contribution in [0.25, 0.3) is 0 Å². The zero-order chi connectivity index (χ0) is 11.6. The molecular weight excluding hydrogens is 251 g/mol. The van der Waals surface area contributed by atoms with Gasteiger partial charge in [0.05, 0.1) is 0 Å². The molecule has 1 heterocycles. The summed E-state index contributed by atoms with van der Waals surface area (Å²) in [4.78, 5) is 13.5. The van der Waals surface area contributed by atoms with Crippen molar-refractivity contribution in [1.29, 1.82) is 0 Å². The van der Waals surface area contributed by atoms with Crippen molar-refractivity contribution in [2.24, 2.45) is 0 Å². The molecule has 0 aliphatic rings. The summed E-state index contributed by atoms with van der Waals surface area (Å²) in [7, 11) is 0.